The van der Waals surface area contributed by atoms with Crippen molar-refractivity contribution >= 4 is 5.91 Å². The number of allylic oxidation sites excluding steroid dienone is 19. The van der Waals surface area contributed by atoms with Crippen molar-refractivity contribution in [2.45, 2.75) is 362 Å². The van der Waals surface area contributed by atoms with Gasteiger partial charge in [-0.2, -0.15) is 0 Å². The summed E-state index contributed by atoms with van der Waals surface area (Å²) in [6, 6.07) is -0.996. The van der Waals surface area contributed by atoms with Crippen molar-refractivity contribution in [1.82, 2.24) is 5.32 Å². The van der Waals surface area contributed by atoms with Crippen LogP contribution in [0.25, 0.3) is 0 Å². The van der Waals surface area contributed by atoms with Gasteiger partial charge >= 0.3 is 0 Å². The lowest BCUT2D eigenvalue weighted by Crippen LogP contribution is -2.66. The first kappa shape index (κ1) is 91.4. The van der Waals surface area contributed by atoms with Crippen LogP contribution in [-0.4, -0.2) is 193 Å². The Hall–Kier alpha value is -3.81. The molecular weight excluding hydrogens is 1290 g/mol. The minimum Gasteiger partial charge on any atom is -0.394 e. The van der Waals surface area contributed by atoms with E-state index in [1.54, 1.807) is 6.08 Å². The minimum absolute atomic E-state index is 0.230. The largest absolute Gasteiger partial charge is 0.394 e. The third-order valence-electron chi connectivity index (χ3n) is 18.7. The Labute approximate surface area is 608 Å². The first-order chi connectivity index (χ1) is 49.3. The van der Waals surface area contributed by atoms with E-state index in [2.05, 4.69) is 129 Å². The molecule has 3 saturated heterocycles. The molecule has 12 N–H and O–H groups in total. The summed E-state index contributed by atoms with van der Waals surface area (Å²) in [6.07, 6.45) is 59.1. The van der Waals surface area contributed by atoms with E-state index in [9.17, 15) is 61.0 Å². The summed E-state index contributed by atoms with van der Waals surface area (Å²) in [6.45, 7) is 1.59. The van der Waals surface area contributed by atoms with Crippen LogP contribution in [0.3, 0.4) is 0 Å². The van der Waals surface area contributed by atoms with Gasteiger partial charge in [0.15, 0.2) is 18.9 Å². The van der Waals surface area contributed by atoms with Crippen LogP contribution in [0.5, 0.6) is 0 Å². The van der Waals surface area contributed by atoms with Crippen molar-refractivity contribution in [1.29, 1.82) is 0 Å². The van der Waals surface area contributed by atoms with Crippen molar-refractivity contribution < 1.29 is 89.4 Å². The van der Waals surface area contributed by atoms with E-state index in [1.165, 1.54) is 135 Å². The van der Waals surface area contributed by atoms with E-state index in [1.807, 2.05) is 6.08 Å². The monoisotopic (exact) mass is 1430 g/mol. The SMILES string of the molecule is CC/C=C\C/C=C\C/C=C\C/C=C\C/C=C\C/C=C\C/C=C\C/C=C\CCCCCCCCCCCCCCCCCCC(=O)NC(COC1OC(CO)C(OC2OC(CO)C(OC3OC(CO)C(O)C(O)C3O)C(O)C2O)C(O)C1O)C(O)/C=C/CC/C=C/CCCCCCCCCCC. The molecule has 17 unspecified atom stereocenters. The Morgan fingerprint density at radius 2 is 0.693 bits per heavy atom. The molecule has 3 aliphatic rings. The van der Waals surface area contributed by atoms with Gasteiger partial charge < -0.3 is 89.9 Å². The van der Waals surface area contributed by atoms with Crippen LogP contribution in [0.4, 0.5) is 0 Å². The van der Waals surface area contributed by atoms with Gasteiger partial charge in [-0.1, -0.05) is 277 Å². The third-order valence-corrected chi connectivity index (χ3v) is 18.7. The standard InChI is InChI=1S/C82H139NO18/c1-3-5-7-9-11-13-15-17-19-20-21-22-23-24-25-26-27-28-29-30-31-32-33-34-35-36-37-38-39-40-41-42-43-44-46-48-50-52-54-56-58-60-70(88)83-65(66(87)59-57-55-53-51-49-47-45-18-16-14-12-10-8-6-4-2)64-96-80-76(94)73(91)78(68(62-85)98-80)101-82-77(95)74(92)79(69(63-86)99-82)100-81-75(93)72(90)71(89)67(61-84)97-81/h5,7,11,13,17,19,21-22,24-25,27-28,30-31,33-34,49,51,57,59,65-69,71-82,84-87,89-95H,3-4,6,8-10,12,14-16,18,20,23,26,29,32,35-48,50,52-56,58,60-64H2,1-2H3,(H,83,88)/b7-5-,13-11-,19-17-,22-21-,25-24-,28-27-,31-30-,34-33-,51-49+,59-57+. The molecule has 19 heteroatoms. The van der Waals surface area contributed by atoms with Crippen molar-refractivity contribution in [2.24, 2.45) is 0 Å². The van der Waals surface area contributed by atoms with Gasteiger partial charge in [0.25, 0.3) is 0 Å². The number of ether oxygens (including phenoxy) is 6. The maximum absolute atomic E-state index is 13.4. The second kappa shape index (κ2) is 61.4. The second-order valence-electron chi connectivity index (χ2n) is 27.4. The molecule has 580 valence electrons. The van der Waals surface area contributed by atoms with E-state index < -0.39 is 124 Å². The molecule has 3 heterocycles. The highest BCUT2D eigenvalue weighted by Gasteiger charge is 2.53. The van der Waals surface area contributed by atoms with Gasteiger partial charge in [0.05, 0.1) is 38.6 Å². The van der Waals surface area contributed by atoms with Gasteiger partial charge in [-0.3, -0.25) is 4.79 Å². The Bertz CT molecular complexity index is 2300. The number of aliphatic hydroxyl groups is 11. The predicted molar refractivity (Wildman–Crippen MR) is 401 cm³/mol. The number of hydrogen-bond acceptors (Lipinski definition) is 18. The van der Waals surface area contributed by atoms with Crippen LogP contribution >= 0.6 is 0 Å². The molecule has 3 rings (SSSR count). The summed E-state index contributed by atoms with van der Waals surface area (Å²) in [7, 11) is 0. The average Bonchev–Trinajstić information content (AvgIpc) is 0.782. The molecule has 0 saturated carbocycles. The van der Waals surface area contributed by atoms with Crippen LogP contribution in [0, 0.1) is 0 Å². The van der Waals surface area contributed by atoms with Gasteiger partial charge in [-0.25, -0.2) is 0 Å². The number of carbonyl (C=O) groups excluding carboxylic acids is 1. The van der Waals surface area contributed by atoms with Crippen molar-refractivity contribution in [3.8, 4) is 0 Å². The van der Waals surface area contributed by atoms with Crippen LogP contribution in [0.15, 0.2) is 122 Å². The predicted octanol–water partition coefficient (Wildman–Crippen LogP) is 12.7. The van der Waals surface area contributed by atoms with E-state index in [0.717, 1.165) is 89.9 Å². The van der Waals surface area contributed by atoms with Gasteiger partial charge in [0.2, 0.25) is 5.91 Å². The molecule has 17 atom stereocenters. The lowest BCUT2D eigenvalue weighted by molar-refractivity contribution is -0.379. The number of amides is 1. The smallest absolute Gasteiger partial charge is 0.220 e. The fourth-order valence-electron chi connectivity index (χ4n) is 12.5. The zero-order valence-corrected chi connectivity index (χ0v) is 61.8. The summed E-state index contributed by atoms with van der Waals surface area (Å²) in [5, 5.41) is 121. The normalized spacial score (nSPS) is 27.0. The van der Waals surface area contributed by atoms with E-state index in [0.29, 0.717) is 12.8 Å². The summed E-state index contributed by atoms with van der Waals surface area (Å²) in [4.78, 5) is 13.4. The van der Waals surface area contributed by atoms with Crippen LogP contribution in [-0.2, 0) is 33.2 Å². The van der Waals surface area contributed by atoms with Crippen LogP contribution in [0.1, 0.15) is 258 Å². The molecule has 0 aromatic carbocycles. The van der Waals surface area contributed by atoms with Gasteiger partial charge in [0, 0.05) is 6.42 Å². The quantitative estimate of drug-likeness (QED) is 0.0199. The van der Waals surface area contributed by atoms with Crippen molar-refractivity contribution in [3.63, 3.8) is 0 Å². The second-order valence-corrected chi connectivity index (χ2v) is 27.4. The Morgan fingerprint density at radius 3 is 1.11 bits per heavy atom. The minimum atomic E-state index is -1.98. The molecule has 3 fully saturated rings. The molecule has 19 nitrogen and oxygen atoms in total. The van der Waals surface area contributed by atoms with Crippen LogP contribution in [0.2, 0.25) is 0 Å². The fourth-order valence-corrected chi connectivity index (χ4v) is 12.5. The van der Waals surface area contributed by atoms with Crippen molar-refractivity contribution in [2.75, 3.05) is 26.4 Å². The summed E-state index contributed by atoms with van der Waals surface area (Å²) < 4.78 is 34.4. The molecule has 0 aromatic rings. The first-order valence-electron chi connectivity index (χ1n) is 39.3. The van der Waals surface area contributed by atoms with E-state index in [-0.39, 0.29) is 18.9 Å². The zero-order valence-electron chi connectivity index (χ0n) is 61.8. The molecule has 101 heavy (non-hydrogen) atoms. The highest BCUT2D eigenvalue weighted by molar-refractivity contribution is 5.76. The maximum Gasteiger partial charge on any atom is 0.220 e. The lowest BCUT2D eigenvalue weighted by Gasteiger charge is -2.48. The maximum atomic E-state index is 13.4. The number of nitrogens with one attached hydrogen (secondary N) is 1. The topological polar surface area (TPSA) is 307 Å². The lowest BCUT2D eigenvalue weighted by atomic mass is 9.96. The van der Waals surface area contributed by atoms with Gasteiger partial charge in [0.1, 0.15) is 73.2 Å². The Balaban J connectivity index is 1.31. The van der Waals surface area contributed by atoms with E-state index in [4.69, 9.17) is 28.4 Å². The fraction of sp³-hybridized carbons (Fsp3) is 0.744. The average molecular weight is 1430 g/mol. The zero-order chi connectivity index (χ0) is 73.2. The summed E-state index contributed by atoms with van der Waals surface area (Å²) in [5.74, 6) is -0.288. The molecule has 0 radical (unpaired) electrons. The Kier molecular flexibility index (Phi) is 55.5. The first-order valence-corrected chi connectivity index (χ1v) is 39.3. The Morgan fingerprint density at radius 1 is 0.366 bits per heavy atom. The number of hydrogen-bond donors (Lipinski definition) is 12. The highest BCUT2D eigenvalue weighted by atomic mass is 16.8. The number of aliphatic hydroxyl groups excluding tert-OH is 11. The molecule has 0 aliphatic carbocycles. The molecule has 0 spiro atoms. The van der Waals surface area contributed by atoms with Gasteiger partial charge in [-0.05, 0) is 96.3 Å². The molecular formula is C82H139NO18. The molecule has 0 bridgehead atoms. The number of unbranched alkanes of at least 4 members (excludes halogenated alkanes) is 26. The summed E-state index contributed by atoms with van der Waals surface area (Å²) >= 11 is 0. The molecule has 0 aromatic heterocycles. The van der Waals surface area contributed by atoms with E-state index >= 15 is 0 Å². The number of rotatable bonds is 60. The summed E-state index contributed by atoms with van der Waals surface area (Å²) in [5.41, 5.74) is 0. The third kappa shape index (κ3) is 41.6. The van der Waals surface area contributed by atoms with Crippen molar-refractivity contribution in [3.05, 3.63) is 122 Å². The van der Waals surface area contributed by atoms with Gasteiger partial charge in [-0.15, -0.1) is 0 Å². The number of carbonyl (C=O) groups is 1. The van der Waals surface area contributed by atoms with Crippen LogP contribution < -0.4 is 5.32 Å². The molecule has 3 aliphatic heterocycles. The molecule has 1 amide bonds. The highest BCUT2D eigenvalue weighted by Crippen LogP contribution is 2.33.